The summed E-state index contributed by atoms with van der Waals surface area (Å²) in [4.78, 5) is 4.81. The largest absolute Gasteiger partial charge is 0.309 e. The van der Waals surface area contributed by atoms with Crippen molar-refractivity contribution in [1.82, 2.24) is 14.1 Å². The molecule has 0 aliphatic heterocycles. The molecule has 11 aromatic rings. The average Bonchev–Trinajstić information content (AvgIpc) is 3.84. The van der Waals surface area contributed by atoms with Crippen molar-refractivity contribution in [1.29, 1.82) is 0 Å². The number of para-hydroxylation sites is 2. The predicted molar refractivity (Wildman–Crippen MR) is 218 cm³/mol. The Bertz CT molecular complexity index is 3290. The summed E-state index contributed by atoms with van der Waals surface area (Å²) in [5.74, 6) is 0. The topological polar surface area (TPSA) is 22.8 Å². The van der Waals surface area contributed by atoms with Gasteiger partial charge in [-0.2, -0.15) is 0 Å². The first-order valence-electron chi connectivity index (χ1n) is 17.9. The highest BCUT2D eigenvalue weighted by molar-refractivity contribution is 6.22. The molecule has 0 saturated carbocycles. The Labute approximate surface area is 299 Å². The van der Waals surface area contributed by atoms with Gasteiger partial charge in [0.2, 0.25) is 0 Å². The molecule has 0 fully saturated rings. The molecule has 0 N–H and O–H groups in total. The predicted octanol–water partition coefficient (Wildman–Crippen LogP) is 12.9. The maximum atomic E-state index is 4.81. The van der Waals surface area contributed by atoms with E-state index in [1.165, 1.54) is 98.7 Å². The zero-order valence-electron chi connectivity index (χ0n) is 28.1. The summed E-state index contributed by atoms with van der Waals surface area (Å²) in [7, 11) is 0. The van der Waals surface area contributed by atoms with Gasteiger partial charge in [-0.05, 0) is 105 Å². The molecule has 0 radical (unpaired) electrons. The Hall–Kier alpha value is -6.97. The molecule has 52 heavy (non-hydrogen) atoms. The maximum absolute atomic E-state index is 4.81. The van der Waals surface area contributed by atoms with Gasteiger partial charge in [0.1, 0.15) is 0 Å². The summed E-state index contributed by atoms with van der Waals surface area (Å²) < 4.78 is 4.85. The molecule has 12 rings (SSSR count). The molecule has 8 aromatic carbocycles. The van der Waals surface area contributed by atoms with E-state index in [2.05, 4.69) is 179 Å². The third-order valence-electron chi connectivity index (χ3n) is 11.3. The minimum absolute atomic E-state index is 1.08. The first kappa shape index (κ1) is 27.8. The monoisotopic (exact) mass is 659 g/mol. The molecule has 0 saturated heterocycles. The second-order valence-corrected chi connectivity index (χ2v) is 14.0. The van der Waals surface area contributed by atoms with E-state index < -0.39 is 0 Å². The minimum Gasteiger partial charge on any atom is -0.309 e. The quantitative estimate of drug-likeness (QED) is 0.185. The number of pyridine rings is 1. The van der Waals surface area contributed by atoms with Crippen LogP contribution in [0.15, 0.2) is 176 Å². The van der Waals surface area contributed by atoms with Crippen molar-refractivity contribution in [3.63, 3.8) is 0 Å². The van der Waals surface area contributed by atoms with Gasteiger partial charge in [-0.1, -0.05) is 103 Å². The van der Waals surface area contributed by atoms with E-state index in [4.69, 9.17) is 4.98 Å². The van der Waals surface area contributed by atoms with E-state index in [-0.39, 0.29) is 0 Å². The van der Waals surface area contributed by atoms with Crippen LogP contribution < -0.4 is 0 Å². The Morgan fingerprint density at radius 2 is 1.00 bits per heavy atom. The number of hydrogen-bond acceptors (Lipinski definition) is 1. The van der Waals surface area contributed by atoms with Crippen LogP contribution in [0.25, 0.3) is 110 Å². The Balaban J connectivity index is 1.09. The zero-order valence-corrected chi connectivity index (χ0v) is 28.1. The van der Waals surface area contributed by atoms with Crippen LogP contribution in [0.5, 0.6) is 0 Å². The van der Waals surface area contributed by atoms with Gasteiger partial charge in [0, 0.05) is 50.1 Å². The highest BCUT2D eigenvalue weighted by Gasteiger charge is 2.24. The van der Waals surface area contributed by atoms with E-state index in [0.717, 1.165) is 11.4 Å². The number of fused-ring (bicyclic) bond motifs is 11. The van der Waals surface area contributed by atoms with Crippen LogP contribution in [0.2, 0.25) is 0 Å². The van der Waals surface area contributed by atoms with E-state index in [1.807, 2.05) is 6.20 Å². The van der Waals surface area contributed by atoms with Gasteiger partial charge >= 0.3 is 0 Å². The summed E-state index contributed by atoms with van der Waals surface area (Å²) in [5, 5.41) is 10.0. The lowest BCUT2D eigenvalue weighted by Gasteiger charge is -2.12. The molecule has 0 atom stereocenters. The van der Waals surface area contributed by atoms with Crippen molar-refractivity contribution >= 4 is 65.2 Å². The Morgan fingerprint density at radius 3 is 1.87 bits per heavy atom. The molecule has 3 heteroatoms. The van der Waals surface area contributed by atoms with Gasteiger partial charge in [0.25, 0.3) is 0 Å². The average molecular weight is 660 g/mol. The normalized spacial score (nSPS) is 12.2. The van der Waals surface area contributed by atoms with Gasteiger partial charge in [0.05, 0.1) is 27.8 Å². The molecule has 0 spiro atoms. The van der Waals surface area contributed by atoms with Crippen molar-refractivity contribution in [2.45, 2.75) is 0 Å². The first-order valence-corrected chi connectivity index (χ1v) is 17.9. The third-order valence-corrected chi connectivity index (χ3v) is 11.3. The van der Waals surface area contributed by atoms with Gasteiger partial charge in [-0.25, -0.2) is 0 Å². The molecule has 3 aromatic heterocycles. The number of hydrogen-bond donors (Lipinski definition) is 0. The fraction of sp³-hybridized carbons (Fsp3) is 0. The lowest BCUT2D eigenvalue weighted by atomic mass is 9.99. The highest BCUT2D eigenvalue weighted by atomic mass is 15.0. The minimum atomic E-state index is 1.08. The Kier molecular flexibility index (Phi) is 5.50. The lowest BCUT2D eigenvalue weighted by molar-refractivity contribution is 1.18. The molecule has 0 bridgehead atoms. The maximum Gasteiger partial charge on any atom is 0.0792 e. The van der Waals surface area contributed by atoms with Crippen molar-refractivity contribution in [3.8, 4) is 44.9 Å². The molecule has 3 heterocycles. The summed E-state index contributed by atoms with van der Waals surface area (Å²) in [6.45, 7) is 0. The number of aromatic nitrogens is 3. The number of benzene rings is 8. The molecule has 3 nitrogen and oxygen atoms in total. The van der Waals surface area contributed by atoms with Crippen LogP contribution in [0.3, 0.4) is 0 Å². The van der Waals surface area contributed by atoms with Gasteiger partial charge < -0.3 is 9.13 Å². The molecule has 0 amide bonds. The van der Waals surface area contributed by atoms with Crippen LogP contribution in [0, 0.1) is 0 Å². The van der Waals surface area contributed by atoms with Crippen molar-refractivity contribution in [3.05, 3.63) is 176 Å². The summed E-state index contributed by atoms with van der Waals surface area (Å²) in [6.07, 6.45) is 1.95. The fourth-order valence-corrected chi connectivity index (χ4v) is 9.03. The van der Waals surface area contributed by atoms with Gasteiger partial charge in [0.15, 0.2) is 0 Å². The Morgan fingerprint density at radius 1 is 0.346 bits per heavy atom. The molecule has 1 aliphatic rings. The summed E-state index contributed by atoms with van der Waals surface area (Å²) >= 11 is 0. The zero-order chi connectivity index (χ0) is 33.9. The van der Waals surface area contributed by atoms with Crippen LogP contribution in [0.1, 0.15) is 0 Å². The van der Waals surface area contributed by atoms with E-state index in [1.54, 1.807) is 0 Å². The number of rotatable bonds is 3. The standard InChI is InChI=1S/C49H29N3/c1-2-11-34(12-3-1)51-45-22-20-32(28-42(45)48-36-13-5-4-10-30(36)18-23-46(48)51)31-19-21-44-40(27-31)38-15-8-9-17-43(38)52(44)35-26-33-24-25-50-49-39-16-7-6-14-37(39)41(29-35)47(33)49/h1-29H. The van der Waals surface area contributed by atoms with E-state index in [9.17, 15) is 0 Å². The lowest BCUT2D eigenvalue weighted by Crippen LogP contribution is -1.95. The van der Waals surface area contributed by atoms with E-state index >= 15 is 0 Å². The van der Waals surface area contributed by atoms with Crippen molar-refractivity contribution in [2.24, 2.45) is 0 Å². The molecule has 0 unspecified atom stereocenters. The van der Waals surface area contributed by atoms with Gasteiger partial charge in [-0.3, -0.25) is 4.98 Å². The highest BCUT2D eigenvalue weighted by Crippen LogP contribution is 2.48. The van der Waals surface area contributed by atoms with Crippen LogP contribution in [0.4, 0.5) is 0 Å². The van der Waals surface area contributed by atoms with Crippen molar-refractivity contribution < 1.29 is 0 Å². The van der Waals surface area contributed by atoms with Crippen LogP contribution in [-0.2, 0) is 0 Å². The van der Waals surface area contributed by atoms with Crippen LogP contribution in [-0.4, -0.2) is 14.1 Å². The number of nitrogens with zero attached hydrogens (tertiary/aromatic N) is 3. The molecular formula is C49H29N3. The third kappa shape index (κ3) is 3.72. The SMILES string of the molecule is c1ccc(-n2c3ccc(-c4ccc5c(c4)c4ccccc4n5-c4cc5c6c(nccc6c4)-c4ccccc4-5)cc3c3c4ccccc4ccc32)cc1. The van der Waals surface area contributed by atoms with Crippen LogP contribution >= 0.6 is 0 Å². The smallest absolute Gasteiger partial charge is 0.0792 e. The second-order valence-electron chi connectivity index (χ2n) is 14.0. The summed E-state index contributed by atoms with van der Waals surface area (Å²) in [6, 6.07) is 62.3. The van der Waals surface area contributed by atoms with Gasteiger partial charge in [-0.15, -0.1) is 0 Å². The second kappa shape index (κ2) is 10.3. The van der Waals surface area contributed by atoms with Crippen molar-refractivity contribution in [2.75, 3.05) is 0 Å². The molecule has 240 valence electrons. The summed E-state index contributed by atoms with van der Waals surface area (Å²) in [5.41, 5.74) is 14.4. The first-order chi connectivity index (χ1) is 25.8. The molecule has 1 aliphatic carbocycles. The molecular weight excluding hydrogens is 631 g/mol. The van der Waals surface area contributed by atoms with E-state index in [0.29, 0.717) is 0 Å². The fourth-order valence-electron chi connectivity index (χ4n) is 9.03.